The summed E-state index contributed by atoms with van der Waals surface area (Å²) in [6.07, 6.45) is 0. The van der Waals surface area contributed by atoms with Crippen LogP contribution in [0, 0.1) is 0 Å². The Labute approximate surface area is 506 Å². The molecule has 2 heterocycles. The van der Waals surface area contributed by atoms with Crippen LogP contribution in [0.15, 0.2) is 340 Å². The van der Waals surface area contributed by atoms with Gasteiger partial charge in [-0.15, -0.1) is 0 Å². The zero-order valence-corrected chi connectivity index (χ0v) is 47.7. The molecule has 0 saturated carbocycles. The molecule has 2 aromatic heterocycles. The van der Waals surface area contributed by atoms with Crippen LogP contribution in [-0.4, -0.2) is 9.13 Å². The summed E-state index contributed by atoms with van der Waals surface area (Å²) >= 11 is 0. The van der Waals surface area contributed by atoms with Crippen LogP contribution in [0.4, 0.5) is 0 Å². The van der Waals surface area contributed by atoms with E-state index in [1.165, 1.54) is 144 Å². The van der Waals surface area contributed by atoms with Gasteiger partial charge in [-0.25, -0.2) is 0 Å². The van der Waals surface area contributed by atoms with Gasteiger partial charge in [0.05, 0.1) is 27.5 Å². The van der Waals surface area contributed by atoms with Crippen molar-refractivity contribution in [2.75, 3.05) is 0 Å². The summed E-state index contributed by atoms with van der Waals surface area (Å²) in [4.78, 5) is 0. The Morgan fingerprint density at radius 1 is 0.184 bits per heavy atom. The van der Waals surface area contributed by atoms with E-state index in [4.69, 9.17) is 0 Å². The molecule has 0 unspecified atom stereocenters. The van der Waals surface area contributed by atoms with Crippen molar-refractivity contribution < 1.29 is 0 Å². The molecular formula is C85H56N2. The summed E-state index contributed by atoms with van der Waals surface area (Å²) in [6.45, 7) is 0. The largest absolute Gasteiger partial charge is 0.309 e. The minimum absolute atomic E-state index is 0.407. The molecule has 1 aliphatic carbocycles. The molecular weight excluding hydrogens is 1050 g/mol. The molecule has 16 aromatic rings. The fourth-order valence-electron chi connectivity index (χ4n) is 14.3. The molecule has 87 heavy (non-hydrogen) atoms. The molecule has 0 amide bonds. The van der Waals surface area contributed by atoms with Crippen LogP contribution in [0.3, 0.4) is 0 Å². The standard InChI is InChI=1S/C85H56N2/c1-3-16-57(17-4-1)61-40-48-71(49-41-61)86-81-28-13-9-24-75(81)77-55-67(44-52-83(77)86)68-45-53-84-78(56-68)76-25-10-14-29-82(76)87(84)72-50-42-62(43-51-72)60-32-30-58(31-33-60)59-34-36-63(37-35-59)65-18-15-19-66(54-65)64-38-46-70(47-39-64)85(69-20-5-2-6-21-69)79-26-11-7-22-73(79)74-23-8-12-27-80(74)85/h1-56H. The van der Waals surface area contributed by atoms with Crippen LogP contribution in [0.25, 0.3) is 133 Å². The SMILES string of the molecule is c1ccc(-c2ccc(-n3c4ccccc4c4cc(-c5ccc6c(c5)c5ccccc5n6-c5ccc(-c6ccc(-c7ccc(-c8cccc(-c9ccc(C%10(c%11ccccc%11)c%11ccccc%11-c%11ccccc%11%10)cc9)c8)cc7)cc6)cc5)ccc43)cc2)cc1. The molecule has 0 N–H and O–H groups in total. The Hall–Kier alpha value is -11.3. The van der Waals surface area contributed by atoms with Crippen molar-refractivity contribution in [2.24, 2.45) is 0 Å². The van der Waals surface area contributed by atoms with Crippen LogP contribution in [0.2, 0.25) is 0 Å². The third-order valence-electron chi connectivity index (χ3n) is 18.5. The lowest BCUT2D eigenvalue weighted by Crippen LogP contribution is -2.28. The number of hydrogen-bond acceptors (Lipinski definition) is 0. The quantitative estimate of drug-likeness (QED) is 0.129. The highest BCUT2D eigenvalue weighted by Crippen LogP contribution is 2.56. The summed E-state index contributed by atoms with van der Waals surface area (Å²) < 4.78 is 4.81. The lowest BCUT2D eigenvalue weighted by Gasteiger charge is -2.34. The van der Waals surface area contributed by atoms with Gasteiger partial charge >= 0.3 is 0 Å². The predicted molar refractivity (Wildman–Crippen MR) is 365 cm³/mol. The van der Waals surface area contributed by atoms with Crippen molar-refractivity contribution in [3.05, 3.63) is 362 Å². The van der Waals surface area contributed by atoms with Gasteiger partial charge in [-0.05, 0) is 167 Å². The highest BCUT2D eigenvalue weighted by atomic mass is 15.0. The highest BCUT2D eigenvalue weighted by molar-refractivity contribution is 6.13. The van der Waals surface area contributed by atoms with Crippen LogP contribution >= 0.6 is 0 Å². The molecule has 0 atom stereocenters. The number of para-hydroxylation sites is 2. The van der Waals surface area contributed by atoms with Crippen molar-refractivity contribution in [3.63, 3.8) is 0 Å². The molecule has 17 rings (SSSR count). The highest BCUT2D eigenvalue weighted by Gasteiger charge is 2.45. The summed E-state index contributed by atoms with van der Waals surface area (Å²) in [5.41, 5.74) is 28.9. The Morgan fingerprint density at radius 2 is 0.483 bits per heavy atom. The third kappa shape index (κ3) is 8.25. The van der Waals surface area contributed by atoms with Crippen molar-refractivity contribution in [1.82, 2.24) is 9.13 Å². The molecule has 0 fully saturated rings. The maximum absolute atomic E-state index is 2.41. The van der Waals surface area contributed by atoms with Crippen molar-refractivity contribution in [2.45, 2.75) is 5.41 Å². The molecule has 0 spiro atoms. The van der Waals surface area contributed by atoms with Gasteiger partial charge in [-0.2, -0.15) is 0 Å². The first kappa shape index (κ1) is 50.2. The summed E-state index contributed by atoms with van der Waals surface area (Å²) in [5.74, 6) is 0. The molecule has 0 saturated heterocycles. The third-order valence-corrected chi connectivity index (χ3v) is 18.5. The van der Waals surface area contributed by atoms with Crippen LogP contribution in [0.5, 0.6) is 0 Å². The van der Waals surface area contributed by atoms with E-state index in [1.807, 2.05) is 0 Å². The molecule has 2 nitrogen and oxygen atoms in total. The Bertz CT molecular complexity index is 5220. The molecule has 0 bridgehead atoms. The summed E-state index contributed by atoms with van der Waals surface area (Å²) in [6, 6.07) is 125. The number of nitrogens with zero attached hydrogens (tertiary/aromatic N) is 2. The van der Waals surface area contributed by atoms with Gasteiger partial charge in [0.25, 0.3) is 0 Å². The van der Waals surface area contributed by atoms with Crippen molar-refractivity contribution >= 4 is 43.6 Å². The number of hydrogen-bond donors (Lipinski definition) is 0. The molecule has 14 aromatic carbocycles. The van der Waals surface area contributed by atoms with E-state index in [0.29, 0.717) is 0 Å². The van der Waals surface area contributed by atoms with Crippen LogP contribution in [-0.2, 0) is 5.41 Å². The van der Waals surface area contributed by atoms with E-state index in [2.05, 4.69) is 349 Å². The monoisotopic (exact) mass is 1100 g/mol. The van der Waals surface area contributed by atoms with Gasteiger partial charge in [0.1, 0.15) is 0 Å². The molecule has 2 heteroatoms. The maximum Gasteiger partial charge on any atom is 0.0713 e. The zero-order valence-electron chi connectivity index (χ0n) is 47.7. The minimum Gasteiger partial charge on any atom is -0.309 e. The average molecular weight is 1110 g/mol. The van der Waals surface area contributed by atoms with E-state index in [0.717, 1.165) is 11.4 Å². The molecule has 1 aliphatic rings. The van der Waals surface area contributed by atoms with E-state index < -0.39 is 5.41 Å². The lowest BCUT2D eigenvalue weighted by atomic mass is 9.67. The Balaban J connectivity index is 0.616. The van der Waals surface area contributed by atoms with Crippen molar-refractivity contribution in [1.29, 1.82) is 0 Å². The fourth-order valence-corrected chi connectivity index (χ4v) is 14.3. The number of aromatic nitrogens is 2. The number of fused-ring (bicyclic) bond motifs is 9. The maximum atomic E-state index is 2.41. The topological polar surface area (TPSA) is 9.86 Å². The van der Waals surface area contributed by atoms with Crippen molar-refractivity contribution in [3.8, 4) is 89.3 Å². The summed E-state index contributed by atoms with van der Waals surface area (Å²) in [5, 5.41) is 4.97. The van der Waals surface area contributed by atoms with Crippen LogP contribution < -0.4 is 0 Å². The lowest BCUT2D eigenvalue weighted by molar-refractivity contribution is 0.768. The van der Waals surface area contributed by atoms with E-state index in [1.54, 1.807) is 0 Å². The van der Waals surface area contributed by atoms with Gasteiger partial charge in [-0.3, -0.25) is 0 Å². The second-order valence-corrected chi connectivity index (χ2v) is 23.1. The van der Waals surface area contributed by atoms with E-state index in [9.17, 15) is 0 Å². The second-order valence-electron chi connectivity index (χ2n) is 23.1. The van der Waals surface area contributed by atoms with Gasteiger partial charge in [0.15, 0.2) is 0 Å². The van der Waals surface area contributed by atoms with Gasteiger partial charge < -0.3 is 9.13 Å². The normalized spacial score (nSPS) is 12.5. The minimum atomic E-state index is -0.407. The summed E-state index contributed by atoms with van der Waals surface area (Å²) in [7, 11) is 0. The second kappa shape index (κ2) is 20.5. The zero-order chi connectivity index (χ0) is 57.4. The first-order chi connectivity index (χ1) is 43.1. The first-order valence-corrected chi connectivity index (χ1v) is 30.1. The van der Waals surface area contributed by atoms with Crippen LogP contribution in [0.1, 0.15) is 22.3 Å². The number of benzene rings is 14. The van der Waals surface area contributed by atoms with E-state index >= 15 is 0 Å². The fraction of sp³-hybridized carbons (Fsp3) is 0.0118. The molecule has 0 radical (unpaired) electrons. The van der Waals surface area contributed by atoms with E-state index in [-0.39, 0.29) is 0 Å². The first-order valence-electron chi connectivity index (χ1n) is 30.1. The smallest absolute Gasteiger partial charge is 0.0713 e. The average Bonchev–Trinajstić information content (AvgIpc) is 1.73. The number of rotatable bonds is 10. The molecule has 406 valence electrons. The predicted octanol–water partition coefficient (Wildman–Crippen LogP) is 22.2. The van der Waals surface area contributed by atoms with Gasteiger partial charge in [0, 0.05) is 32.9 Å². The Kier molecular flexibility index (Phi) is 11.8. The van der Waals surface area contributed by atoms with Gasteiger partial charge in [-0.1, -0.05) is 273 Å². The van der Waals surface area contributed by atoms with Gasteiger partial charge in [0.2, 0.25) is 0 Å². The molecule has 0 aliphatic heterocycles. The Morgan fingerprint density at radius 3 is 0.943 bits per heavy atom.